The molecule has 2 aromatic rings. The van der Waals surface area contributed by atoms with Gasteiger partial charge in [0.05, 0.1) is 23.5 Å². The average Bonchev–Trinajstić information content (AvgIpc) is 2.88. The molecule has 0 radical (unpaired) electrons. The Bertz CT molecular complexity index is 1150. The summed E-state index contributed by atoms with van der Waals surface area (Å²) in [7, 11) is -2.23. The van der Waals surface area contributed by atoms with Gasteiger partial charge in [-0.25, -0.2) is 8.42 Å². The monoisotopic (exact) mass is 511 g/mol. The van der Waals surface area contributed by atoms with Crippen LogP contribution in [0.2, 0.25) is 0 Å². The fourth-order valence-corrected chi connectivity index (χ4v) is 6.11. The molecule has 0 saturated carbocycles. The maximum absolute atomic E-state index is 13.2. The van der Waals surface area contributed by atoms with Crippen LogP contribution in [0.4, 0.5) is 18.9 Å². The standard InChI is InChI=1S/C24H28F3N3O4S/c1-34-21-7-9-22(10-8-21)35(32,33)30-11-3-4-18(17-30)23(31)29-14-12-28(13-15-29)20-6-2-5-19(16-20)24(25,26)27/h2,5-10,16,18H,3-4,11-15,17H2,1H3/t18-/m1/s1. The highest BCUT2D eigenvalue weighted by Gasteiger charge is 2.36. The predicted octanol–water partition coefficient (Wildman–Crippen LogP) is 3.46. The number of hydrogen-bond donors (Lipinski definition) is 0. The highest BCUT2D eigenvalue weighted by Crippen LogP contribution is 2.32. The molecule has 0 N–H and O–H groups in total. The van der Waals surface area contributed by atoms with E-state index in [0.29, 0.717) is 57.0 Å². The van der Waals surface area contributed by atoms with Crippen LogP contribution in [0.15, 0.2) is 53.4 Å². The van der Waals surface area contributed by atoms with Crippen LogP contribution in [0.3, 0.4) is 0 Å². The third kappa shape index (κ3) is 5.56. The number of anilines is 1. The lowest BCUT2D eigenvalue weighted by Gasteiger charge is -2.39. The zero-order valence-electron chi connectivity index (χ0n) is 19.4. The molecule has 2 aliphatic rings. The summed E-state index contributed by atoms with van der Waals surface area (Å²) in [6, 6.07) is 11.3. The molecular weight excluding hydrogens is 483 g/mol. The normalized spacial score (nSPS) is 20.1. The van der Waals surface area contributed by atoms with Gasteiger partial charge in [0.15, 0.2) is 0 Å². The van der Waals surface area contributed by atoms with Crippen LogP contribution in [-0.4, -0.2) is 69.9 Å². The Labute approximate surface area is 203 Å². The Morgan fingerprint density at radius 3 is 2.31 bits per heavy atom. The number of nitrogens with zero attached hydrogens (tertiary/aromatic N) is 3. The van der Waals surface area contributed by atoms with Crippen molar-refractivity contribution in [3.63, 3.8) is 0 Å². The number of rotatable bonds is 5. The van der Waals surface area contributed by atoms with E-state index in [4.69, 9.17) is 4.74 Å². The lowest BCUT2D eigenvalue weighted by Crippen LogP contribution is -2.53. The molecule has 2 aromatic carbocycles. The van der Waals surface area contributed by atoms with Crippen molar-refractivity contribution in [2.45, 2.75) is 23.9 Å². The van der Waals surface area contributed by atoms with Crippen molar-refractivity contribution in [3.8, 4) is 5.75 Å². The van der Waals surface area contributed by atoms with E-state index in [0.717, 1.165) is 12.1 Å². The largest absolute Gasteiger partial charge is 0.497 e. The van der Waals surface area contributed by atoms with Gasteiger partial charge in [-0.15, -0.1) is 0 Å². The quantitative estimate of drug-likeness (QED) is 0.615. The summed E-state index contributed by atoms with van der Waals surface area (Å²) < 4.78 is 71.8. The number of alkyl halides is 3. The fourth-order valence-electron chi connectivity index (χ4n) is 4.58. The van der Waals surface area contributed by atoms with Crippen LogP contribution < -0.4 is 9.64 Å². The second-order valence-electron chi connectivity index (χ2n) is 8.74. The molecule has 1 atom stereocenters. The number of piperazine rings is 1. The Hall–Kier alpha value is -2.79. The topological polar surface area (TPSA) is 70.2 Å². The van der Waals surface area contributed by atoms with Gasteiger partial charge < -0.3 is 14.5 Å². The minimum Gasteiger partial charge on any atom is -0.497 e. The predicted molar refractivity (Wildman–Crippen MR) is 125 cm³/mol. The maximum atomic E-state index is 13.2. The third-order valence-corrected chi connectivity index (χ3v) is 8.44. The zero-order chi connectivity index (χ0) is 25.2. The first-order valence-electron chi connectivity index (χ1n) is 11.4. The lowest BCUT2D eigenvalue weighted by molar-refractivity contribution is -0.137. The van der Waals surface area contributed by atoms with Crippen molar-refractivity contribution >= 4 is 21.6 Å². The molecule has 35 heavy (non-hydrogen) atoms. The molecule has 190 valence electrons. The number of halogens is 3. The number of piperidine rings is 1. The van der Waals surface area contributed by atoms with Crippen LogP contribution >= 0.6 is 0 Å². The van der Waals surface area contributed by atoms with Crippen LogP contribution in [0, 0.1) is 5.92 Å². The highest BCUT2D eigenvalue weighted by molar-refractivity contribution is 7.89. The molecule has 0 aromatic heterocycles. The number of hydrogen-bond acceptors (Lipinski definition) is 5. The molecule has 1 amide bonds. The van der Waals surface area contributed by atoms with Crippen molar-refractivity contribution in [3.05, 3.63) is 54.1 Å². The van der Waals surface area contributed by atoms with Crippen molar-refractivity contribution in [2.24, 2.45) is 5.92 Å². The summed E-state index contributed by atoms with van der Waals surface area (Å²) in [4.78, 5) is 16.9. The second kappa shape index (κ2) is 10.1. The van der Waals surface area contributed by atoms with E-state index in [9.17, 15) is 26.4 Å². The first-order chi connectivity index (χ1) is 16.6. The maximum Gasteiger partial charge on any atom is 0.416 e. The Morgan fingerprint density at radius 1 is 1.00 bits per heavy atom. The van der Waals surface area contributed by atoms with Gasteiger partial charge in [-0.05, 0) is 55.3 Å². The first-order valence-corrected chi connectivity index (χ1v) is 12.9. The van der Waals surface area contributed by atoms with Gasteiger partial charge in [-0.1, -0.05) is 6.07 Å². The van der Waals surface area contributed by atoms with Crippen molar-refractivity contribution < 1.29 is 31.1 Å². The molecule has 2 fully saturated rings. The molecule has 2 saturated heterocycles. The van der Waals surface area contributed by atoms with E-state index in [2.05, 4.69) is 0 Å². The van der Waals surface area contributed by atoms with Crippen LogP contribution in [0.5, 0.6) is 5.75 Å². The molecule has 0 aliphatic carbocycles. The number of methoxy groups -OCH3 is 1. The Kier molecular flexibility index (Phi) is 7.27. The first kappa shape index (κ1) is 25.3. The average molecular weight is 512 g/mol. The number of benzene rings is 2. The van der Waals surface area contributed by atoms with Gasteiger partial charge in [0.1, 0.15) is 5.75 Å². The molecule has 11 heteroatoms. The van der Waals surface area contributed by atoms with Gasteiger partial charge in [-0.3, -0.25) is 4.79 Å². The molecule has 0 bridgehead atoms. The summed E-state index contributed by atoms with van der Waals surface area (Å²) in [5.41, 5.74) is -0.227. The lowest BCUT2D eigenvalue weighted by atomic mass is 9.97. The highest BCUT2D eigenvalue weighted by atomic mass is 32.2. The fraction of sp³-hybridized carbons (Fsp3) is 0.458. The molecule has 2 heterocycles. The Morgan fingerprint density at radius 2 is 1.69 bits per heavy atom. The van der Waals surface area contributed by atoms with Crippen molar-refractivity contribution in [1.29, 1.82) is 0 Å². The van der Waals surface area contributed by atoms with E-state index in [1.165, 1.54) is 29.6 Å². The van der Waals surface area contributed by atoms with E-state index >= 15 is 0 Å². The molecule has 7 nitrogen and oxygen atoms in total. The SMILES string of the molecule is COc1ccc(S(=O)(=O)N2CCC[C@@H](C(=O)N3CCN(c4cccc(C(F)(F)F)c4)CC3)C2)cc1. The van der Waals surface area contributed by atoms with E-state index in [1.807, 2.05) is 4.90 Å². The summed E-state index contributed by atoms with van der Waals surface area (Å²) in [5, 5.41) is 0. The summed E-state index contributed by atoms with van der Waals surface area (Å²) in [5.74, 6) is 0.000118. The number of sulfonamides is 1. The third-order valence-electron chi connectivity index (χ3n) is 6.56. The van der Waals surface area contributed by atoms with Gasteiger partial charge >= 0.3 is 6.18 Å². The number of amides is 1. The minimum absolute atomic E-state index is 0.108. The molecule has 4 rings (SSSR count). The van der Waals surface area contributed by atoms with Gasteiger partial charge in [0, 0.05) is 45.0 Å². The van der Waals surface area contributed by atoms with Crippen LogP contribution in [0.25, 0.3) is 0 Å². The van der Waals surface area contributed by atoms with Gasteiger partial charge in [0.25, 0.3) is 0 Å². The van der Waals surface area contributed by atoms with Crippen LogP contribution in [-0.2, 0) is 21.0 Å². The Balaban J connectivity index is 1.38. The molecule has 0 unspecified atom stereocenters. The summed E-state index contributed by atoms with van der Waals surface area (Å²) in [6.07, 6.45) is -3.23. The second-order valence-corrected chi connectivity index (χ2v) is 10.7. The smallest absolute Gasteiger partial charge is 0.416 e. The van der Waals surface area contributed by atoms with E-state index in [1.54, 1.807) is 23.1 Å². The number of carbonyl (C=O) groups excluding carboxylic acids is 1. The number of carbonyl (C=O) groups is 1. The number of ether oxygens (including phenoxy) is 1. The zero-order valence-corrected chi connectivity index (χ0v) is 20.2. The molecule has 2 aliphatic heterocycles. The summed E-state index contributed by atoms with van der Waals surface area (Å²) >= 11 is 0. The van der Waals surface area contributed by atoms with E-state index < -0.39 is 27.7 Å². The molecule has 0 spiro atoms. The van der Waals surface area contributed by atoms with E-state index in [-0.39, 0.29) is 17.3 Å². The van der Waals surface area contributed by atoms with Gasteiger partial charge in [0.2, 0.25) is 15.9 Å². The summed E-state index contributed by atoms with van der Waals surface area (Å²) in [6.45, 7) is 2.03. The molecular formula is C24H28F3N3O4S. The van der Waals surface area contributed by atoms with Crippen molar-refractivity contribution in [1.82, 2.24) is 9.21 Å². The van der Waals surface area contributed by atoms with Crippen LogP contribution in [0.1, 0.15) is 18.4 Å². The van der Waals surface area contributed by atoms with Gasteiger partial charge in [-0.2, -0.15) is 17.5 Å². The minimum atomic E-state index is -4.41. The van der Waals surface area contributed by atoms with Crippen molar-refractivity contribution in [2.75, 3.05) is 51.3 Å².